The van der Waals surface area contributed by atoms with Gasteiger partial charge in [-0.1, -0.05) is 29.8 Å². The van der Waals surface area contributed by atoms with Gasteiger partial charge in [-0.3, -0.25) is 14.4 Å². The van der Waals surface area contributed by atoms with Crippen molar-refractivity contribution < 1.29 is 4.79 Å². The summed E-state index contributed by atoms with van der Waals surface area (Å²) in [6.07, 6.45) is 3.76. The molecule has 0 saturated heterocycles. The summed E-state index contributed by atoms with van der Waals surface area (Å²) < 4.78 is 1.76. The van der Waals surface area contributed by atoms with Crippen molar-refractivity contribution in [1.29, 1.82) is 0 Å². The lowest BCUT2D eigenvalue weighted by molar-refractivity contribution is -0.136. The van der Waals surface area contributed by atoms with Crippen LogP contribution in [0.25, 0.3) is 0 Å². The predicted molar refractivity (Wildman–Crippen MR) is 91.9 cm³/mol. The molecule has 2 aromatic rings. The number of aryl methyl sites for hydroxylation is 2. The number of benzene rings is 1. The first-order valence-electron chi connectivity index (χ1n) is 7.91. The lowest BCUT2D eigenvalue weighted by Gasteiger charge is -2.30. The molecule has 0 fully saturated rings. The molecule has 2 rings (SSSR count). The maximum atomic E-state index is 13.1. The minimum atomic E-state index is -0.271. The average molecular weight is 314 g/mol. The first kappa shape index (κ1) is 17.2. The quantitative estimate of drug-likeness (QED) is 0.822. The van der Waals surface area contributed by atoms with Gasteiger partial charge in [-0.15, -0.1) is 0 Å². The maximum absolute atomic E-state index is 13.1. The van der Waals surface area contributed by atoms with Gasteiger partial charge < -0.3 is 4.90 Å². The minimum Gasteiger partial charge on any atom is -0.337 e. The number of likely N-dealkylation sites (N-methyl/N-ethyl adjacent to an activating group) is 2. The number of nitrogens with zero attached hydrogens (tertiary/aromatic N) is 4. The van der Waals surface area contributed by atoms with E-state index in [9.17, 15) is 4.79 Å². The van der Waals surface area contributed by atoms with Crippen LogP contribution in [0, 0.1) is 6.92 Å². The maximum Gasteiger partial charge on any atom is 0.244 e. The number of rotatable bonds is 6. The highest BCUT2D eigenvalue weighted by Crippen LogP contribution is 2.22. The van der Waals surface area contributed by atoms with Crippen LogP contribution in [0.1, 0.15) is 29.7 Å². The Bertz CT molecular complexity index is 645. The summed E-state index contributed by atoms with van der Waals surface area (Å²) in [7, 11) is 5.78. The molecule has 23 heavy (non-hydrogen) atoms. The molecule has 5 heteroatoms. The van der Waals surface area contributed by atoms with Crippen molar-refractivity contribution in [3.8, 4) is 0 Å². The molecule has 0 aliphatic carbocycles. The lowest BCUT2D eigenvalue weighted by atomic mass is 10.0. The summed E-state index contributed by atoms with van der Waals surface area (Å²) in [6, 6.07) is 7.91. The number of hydrogen-bond acceptors (Lipinski definition) is 3. The standard InChI is InChI=1S/C18H26N4O/c1-6-22(13-15-11-19-21(5)12-15)18(23)17(20(3)4)16-9-7-14(2)8-10-16/h7-12,17H,6,13H2,1-5H3. The zero-order valence-electron chi connectivity index (χ0n) is 14.7. The van der Waals surface area contributed by atoms with Gasteiger partial charge in [0, 0.05) is 31.9 Å². The molecule has 0 spiro atoms. The molecule has 0 saturated carbocycles. The smallest absolute Gasteiger partial charge is 0.244 e. The number of amides is 1. The van der Waals surface area contributed by atoms with Crippen molar-refractivity contribution in [3.63, 3.8) is 0 Å². The third kappa shape index (κ3) is 4.20. The van der Waals surface area contributed by atoms with Crippen LogP contribution in [0.3, 0.4) is 0 Å². The summed E-state index contributed by atoms with van der Waals surface area (Å²) in [5.41, 5.74) is 3.26. The fourth-order valence-corrected chi connectivity index (χ4v) is 2.70. The Morgan fingerprint density at radius 1 is 1.26 bits per heavy atom. The SMILES string of the molecule is CCN(Cc1cnn(C)c1)C(=O)C(c1ccc(C)cc1)N(C)C. The van der Waals surface area contributed by atoms with Crippen molar-refractivity contribution in [2.24, 2.45) is 7.05 Å². The third-order valence-electron chi connectivity index (χ3n) is 3.97. The van der Waals surface area contributed by atoms with E-state index in [1.807, 2.05) is 62.4 Å². The molecular formula is C18H26N4O. The molecule has 0 aliphatic heterocycles. The van der Waals surface area contributed by atoms with Crippen molar-refractivity contribution in [2.75, 3.05) is 20.6 Å². The van der Waals surface area contributed by atoms with Gasteiger partial charge in [0.1, 0.15) is 6.04 Å². The van der Waals surface area contributed by atoms with E-state index in [1.165, 1.54) is 5.56 Å². The summed E-state index contributed by atoms with van der Waals surface area (Å²) >= 11 is 0. The lowest BCUT2D eigenvalue weighted by Crippen LogP contribution is -2.40. The Balaban J connectivity index is 2.22. The minimum absolute atomic E-state index is 0.116. The molecule has 0 radical (unpaired) electrons. The summed E-state index contributed by atoms with van der Waals surface area (Å²) in [4.78, 5) is 16.9. The molecule has 1 atom stereocenters. The van der Waals surface area contributed by atoms with E-state index in [1.54, 1.807) is 4.68 Å². The van der Waals surface area contributed by atoms with Crippen molar-refractivity contribution >= 4 is 5.91 Å². The van der Waals surface area contributed by atoms with Gasteiger partial charge in [0.15, 0.2) is 0 Å². The topological polar surface area (TPSA) is 41.4 Å². The molecule has 0 aliphatic rings. The van der Waals surface area contributed by atoms with Crippen LogP contribution in [0.2, 0.25) is 0 Å². The van der Waals surface area contributed by atoms with Gasteiger partial charge in [-0.25, -0.2) is 0 Å². The zero-order valence-corrected chi connectivity index (χ0v) is 14.7. The van der Waals surface area contributed by atoms with Gasteiger partial charge in [-0.2, -0.15) is 5.10 Å². The Hall–Kier alpha value is -2.14. The number of carbonyl (C=O) groups is 1. The predicted octanol–water partition coefficient (Wildman–Crippen LogP) is 2.38. The second-order valence-corrected chi connectivity index (χ2v) is 6.15. The van der Waals surface area contributed by atoms with Gasteiger partial charge in [0.2, 0.25) is 5.91 Å². The Morgan fingerprint density at radius 3 is 2.39 bits per heavy atom. The molecule has 0 N–H and O–H groups in total. The highest BCUT2D eigenvalue weighted by atomic mass is 16.2. The first-order chi connectivity index (χ1) is 10.9. The Kier molecular flexibility index (Phi) is 5.55. The molecular weight excluding hydrogens is 288 g/mol. The third-order valence-corrected chi connectivity index (χ3v) is 3.97. The van der Waals surface area contributed by atoms with Gasteiger partial charge in [0.25, 0.3) is 0 Å². The molecule has 124 valence electrons. The molecule has 1 unspecified atom stereocenters. The summed E-state index contributed by atoms with van der Waals surface area (Å²) in [5, 5.41) is 4.18. The van der Waals surface area contributed by atoms with Crippen LogP contribution in [0.5, 0.6) is 0 Å². The Labute approximate surface area is 138 Å². The zero-order chi connectivity index (χ0) is 17.0. The van der Waals surface area contributed by atoms with Crippen LogP contribution in [0.15, 0.2) is 36.7 Å². The van der Waals surface area contributed by atoms with E-state index >= 15 is 0 Å². The number of hydrogen-bond donors (Lipinski definition) is 0. The van der Waals surface area contributed by atoms with Gasteiger partial charge in [-0.05, 0) is 33.5 Å². The van der Waals surface area contributed by atoms with E-state index in [-0.39, 0.29) is 11.9 Å². The highest BCUT2D eigenvalue weighted by molar-refractivity contribution is 5.83. The van der Waals surface area contributed by atoms with E-state index in [2.05, 4.69) is 24.2 Å². The van der Waals surface area contributed by atoms with Crippen LogP contribution in [0.4, 0.5) is 0 Å². The summed E-state index contributed by atoms with van der Waals surface area (Å²) in [6.45, 7) is 5.32. The molecule has 0 bridgehead atoms. The van der Waals surface area contributed by atoms with Crippen LogP contribution in [-0.2, 0) is 18.4 Å². The second kappa shape index (κ2) is 7.42. The molecule has 1 heterocycles. The van der Waals surface area contributed by atoms with Gasteiger partial charge in [0.05, 0.1) is 6.20 Å². The van der Waals surface area contributed by atoms with E-state index in [4.69, 9.17) is 0 Å². The normalized spacial score (nSPS) is 12.4. The first-order valence-corrected chi connectivity index (χ1v) is 7.91. The number of aromatic nitrogens is 2. The van der Waals surface area contributed by atoms with E-state index in [0.29, 0.717) is 13.1 Å². The largest absolute Gasteiger partial charge is 0.337 e. The van der Waals surface area contributed by atoms with Crippen LogP contribution in [-0.4, -0.2) is 46.1 Å². The van der Waals surface area contributed by atoms with Crippen molar-refractivity contribution in [1.82, 2.24) is 19.6 Å². The summed E-state index contributed by atoms with van der Waals surface area (Å²) in [5.74, 6) is 0.116. The monoisotopic (exact) mass is 314 g/mol. The van der Waals surface area contributed by atoms with E-state index < -0.39 is 0 Å². The molecule has 1 aromatic heterocycles. The van der Waals surface area contributed by atoms with Crippen LogP contribution >= 0.6 is 0 Å². The molecule has 1 aromatic carbocycles. The van der Waals surface area contributed by atoms with E-state index in [0.717, 1.165) is 11.1 Å². The fourth-order valence-electron chi connectivity index (χ4n) is 2.70. The van der Waals surface area contributed by atoms with Crippen LogP contribution < -0.4 is 0 Å². The second-order valence-electron chi connectivity index (χ2n) is 6.15. The van der Waals surface area contributed by atoms with Crippen molar-refractivity contribution in [2.45, 2.75) is 26.4 Å². The van der Waals surface area contributed by atoms with Crippen molar-refractivity contribution in [3.05, 3.63) is 53.3 Å². The fraction of sp³-hybridized carbons (Fsp3) is 0.444. The Morgan fingerprint density at radius 2 is 1.91 bits per heavy atom. The molecule has 5 nitrogen and oxygen atoms in total. The highest BCUT2D eigenvalue weighted by Gasteiger charge is 2.27. The van der Waals surface area contributed by atoms with Gasteiger partial charge >= 0.3 is 0 Å². The number of carbonyl (C=O) groups excluding carboxylic acids is 1. The molecule has 1 amide bonds. The average Bonchev–Trinajstić information content (AvgIpc) is 2.91.